The second-order valence-corrected chi connectivity index (χ2v) is 6.78. The molecule has 2 amide bonds. The molecule has 1 aromatic rings. The van der Waals surface area contributed by atoms with Crippen molar-refractivity contribution in [1.29, 1.82) is 0 Å². The average molecular weight is 615 g/mol. The van der Waals surface area contributed by atoms with E-state index in [0.717, 1.165) is 0 Å². The Balaban J connectivity index is 3.43. The van der Waals surface area contributed by atoms with E-state index in [9.17, 15) is 14.4 Å². The number of anilines is 1. The first kappa shape index (κ1) is 17.7. The molecule has 108 valence electrons. The Morgan fingerprint density at radius 2 is 1.55 bits per heavy atom. The SMILES string of the molecule is NC(=O)c1c(I)c(N)c(I)c(C(=O)NCC(=O)O)c1I. The molecule has 0 saturated carbocycles. The third-order valence-corrected chi connectivity index (χ3v) is 5.54. The minimum absolute atomic E-state index is 0.152. The maximum absolute atomic E-state index is 12.0. The van der Waals surface area contributed by atoms with Crippen LogP contribution in [0.2, 0.25) is 0 Å². The second-order valence-electron chi connectivity index (χ2n) is 3.55. The predicted molar refractivity (Wildman–Crippen MR) is 97.5 cm³/mol. The number of benzene rings is 1. The van der Waals surface area contributed by atoms with Crippen LogP contribution in [-0.4, -0.2) is 29.4 Å². The number of carbonyl (C=O) groups is 3. The zero-order valence-corrected chi connectivity index (χ0v) is 16.1. The molecule has 0 heterocycles. The molecule has 1 rings (SSSR count). The van der Waals surface area contributed by atoms with E-state index in [1.807, 2.05) is 67.8 Å². The van der Waals surface area contributed by atoms with Gasteiger partial charge in [0.05, 0.1) is 24.0 Å². The van der Waals surface area contributed by atoms with Crippen LogP contribution >= 0.6 is 67.8 Å². The summed E-state index contributed by atoms with van der Waals surface area (Å²) in [6.07, 6.45) is 0. The summed E-state index contributed by atoms with van der Waals surface area (Å²) < 4.78 is 1.27. The fourth-order valence-electron chi connectivity index (χ4n) is 1.34. The molecule has 0 aromatic heterocycles. The van der Waals surface area contributed by atoms with Crippen molar-refractivity contribution in [3.8, 4) is 0 Å². The van der Waals surface area contributed by atoms with Crippen LogP contribution < -0.4 is 16.8 Å². The van der Waals surface area contributed by atoms with Crippen LogP contribution in [0.1, 0.15) is 20.7 Å². The molecule has 10 heteroatoms. The van der Waals surface area contributed by atoms with Gasteiger partial charge in [-0.2, -0.15) is 0 Å². The summed E-state index contributed by atoms with van der Waals surface area (Å²) in [6.45, 7) is -0.525. The molecule has 0 saturated heterocycles. The van der Waals surface area contributed by atoms with E-state index in [0.29, 0.717) is 10.7 Å². The fraction of sp³-hybridized carbons (Fsp3) is 0.100. The van der Waals surface area contributed by atoms with Gasteiger partial charge in [0.15, 0.2) is 0 Å². The van der Waals surface area contributed by atoms with Crippen molar-refractivity contribution in [1.82, 2.24) is 5.32 Å². The lowest BCUT2D eigenvalue weighted by molar-refractivity contribution is -0.135. The zero-order chi connectivity index (χ0) is 15.6. The van der Waals surface area contributed by atoms with Crippen LogP contribution in [-0.2, 0) is 4.79 Å². The van der Waals surface area contributed by atoms with Crippen molar-refractivity contribution in [2.45, 2.75) is 0 Å². The average Bonchev–Trinajstić information content (AvgIpc) is 2.33. The number of carbonyl (C=O) groups excluding carboxylic acids is 2. The quantitative estimate of drug-likeness (QED) is 0.297. The highest BCUT2D eigenvalue weighted by molar-refractivity contribution is 14.1. The first-order valence-electron chi connectivity index (χ1n) is 4.94. The number of hydrogen-bond donors (Lipinski definition) is 4. The molecule has 20 heavy (non-hydrogen) atoms. The predicted octanol–water partition coefficient (Wildman–Crippen LogP) is 0.996. The van der Waals surface area contributed by atoms with Crippen LogP contribution in [0.3, 0.4) is 0 Å². The van der Waals surface area contributed by atoms with Crippen LogP contribution in [0.25, 0.3) is 0 Å². The Morgan fingerprint density at radius 1 is 1.05 bits per heavy atom. The molecule has 0 fully saturated rings. The minimum atomic E-state index is -1.17. The summed E-state index contributed by atoms with van der Waals surface area (Å²) in [4.78, 5) is 34.0. The van der Waals surface area contributed by atoms with E-state index in [2.05, 4.69) is 5.32 Å². The number of hydrogen-bond acceptors (Lipinski definition) is 4. The summed E-state index contributed by atoms with van der Waals surface area (Å²) in [5.41, 5.74) is 11.7. The summed E-state index contributed by atoms with van der Waals surface area (Å²) >= 11 is 5.58. The highest BCUT2D eigenvalue weighted by Crippen LogP contribution is 2.33. The van der Waals surface area contributed by atoms with E-state index >= 15 is 0 Å². The second kappa shape index (κ2) is 7.06. The monoisotopic (exact) mass is 615 g/mol. The third-order valence-electron chi connectivity index (χ3n) is 2.22. The van der Waals surface area contributed by atoms with Crippen molar-refractivity contribution in [3.05, 3.63) is 21.8 Å². The Kier molecular flexibility index (Phi) is 6.24. The van der Waals surface area contributed by atoms with Crippen LogP contribution in [0, 0.1) is 10.7 Å². The summed E-state index contributed by atoms with van der Waals surface area (Å²) in [5.74, 6) is -2.49. The molecule has 0 aliphatic carbocycles. The van der Waals surface area contributed by atoms with Crippen LogP contribution in [0.5, 0.6) is 0 Å². The first-order chi connectivity index (χ1) is 9.18. The Labute approximate surface area is 154 Å². The van der Waals surface area contributed by atoms with Gasteiger partial charge in [0.1, 0.15) is 6.54 Å². The number of carboxylic acid groups (broad SMARTS) is 1. The van der Waals surface area contributed by atoms with Gasteiger partial charge in [-0.05, 0) is 67.8 Å². The molecule has 0 radical (unpaired) electrons. The lowest BCUT2D eigenvalue weighted by Crippen LogP contribution is -2.31. The highest BCUT2D eigenvalue weighted by Gasteiger charge is 2.25. The minimum Gasteiger partial charge on any atom is -0.480 e. The molecule has 0 spiro atoms. The number of carboxylic acids is 1. The Bertz CT molecular complexity index is 619. The number of nitrogen functional groups attached to an aromatic ring is 1. The maximum Gasteiger partial charge on any atom is 0.322 e. The zero-order valence-electron chi connectivity index (χ0n) is 9.67. The molecule has 6 N–H and O–H groups in total. The molecular weight excluding hydrogens is 607 g/mol. The van der Waals surface area contributed by atoms with Crippen LogP contribution in [0.4, 0.5) is 5.69 Å². The van der Waals surface area contributed by atoms with Gasteiger partial charge in [-0.1, -0.05) is 0 Å². The van der Waals surface area contributed by atoms with Crippen molar-refractivity contribution >= 4 is 91.2 Å². The lowest BCUT2D eigenvalue weighted by Gasteiger charge is -2.15. The van der Waals surface area contributed by atoms with Crippen molar-refractivity contribution in [2.24, 2.45) is 5.73 Å². The molecular formula is C10H8I3N3O4. The van der Waals surface area contributed by atoms with E-state index in [1.54, 1.807) is 0 Å². The van der Waals surface area contributed by atoms with E-state index < -0.39 is 24.3 Å². The van der Waals surface area contributed by atoms with Crippen LogP contribution in [0.15, 0.2) is 0 Å². The van der Waals surface area contributed by atoms with E-state index in [-0.39, 0.29) is 16.8 Å². The van der Waals surface area contributed by atoms with Crippen molar-refractivity contribution < 1.29 is 19.5 Å². The lowest BCUT2D eigenvalue weighted by atomic mass is 10.1. The number of amides is 2. The van der Waals surface area contributed by atoms with E-state index in [4.69, 9.17) is 16.6 Å². The van der Waals surface area contributed by atoms with Crippen molar-refractivity contribution in [2.75, 3.05) is 12.3 Å². The number of nitrogens with two attached hydrogens (primary N) is 2. The summed E-state index contributed by atoms with van der Waals surface area (Å²) in [6, 6.07) is 0. The van der Waals surface area contributed by atoms with Gasteiger partial charge in [-0.15, -0.1) is 0 Å². The maximum atomic E-state index is 12.0. The topological polar surface area (TPSA) is 136 Å². The molecule has 0 aliphatic rings. The number of aliphatic carboxylic acids is 1. The van der Waals surface area contributed by atoms with Gasteiger partial charge in [-0.25, -0.2) is 0 Å². The van der Waals surface area contributed by atoms with Gasteiger partial charge in [0.2, 0.25) is 0 Å². The normalized spacial score (nSPS) is 10.2. The molecule has 0 atom stereocenters. The molecule has 7 nitrogen and oxygen atoms in total. The van der Waals surface area contributed by atoms with E-state index in [1.165, 1.54) is 0 Å². The standard InChI is InChI=1S/C10H8I3N3O4/c11-5-3(9(15)19)6(12)8(14)7(13)4(5)10(20)16-1-2(17)18/h1,14H2,(H2,15,19)(H,16,20)(H,17,18). The van der Waals surface area contributed by atoms with Gasteiger partial charge in [0.25, 0.3) is 11.8 Å². The summed E-state index contributed by atoms with van der Waals surface area (Å²) in [7, 11) is 0. The number of halogens is 3. The van der Waals surface area contributed by atoms with Gasteiger partial charge >= 0.3 is 5.97 Å². The Morgan fingerprint density at radius 3 is 2.00 bits per heavy atom. The van der Waals surface area contributed by atoms with Gasteiger partial charge < -0.3 is 21.9 Å². The fourth-order valence-corrected chi connectivity index (χ4v) is 5.53. The molecule has 0 aliphatic heterocycles. The van der Waals surface area contributed by atoms with Gasteiger partial charge in [-0.3, -0.25) is 14.4 Å². The third kappa shape index (κ3) is 3.63. The first-order valence-corrected chi connectivity index (χ1v) is 8.17. The number of rotatable bonds is 4. The van der Waals surface area contributed by atoms with Crippen molar-refractivity contribution in [3.63, 3.8) is 0 Å². The molecule has 0 unspecified atom stereocenters. The Hall–Kier alpha value is -0.380. The summed E-state index contributed by atoms with van der Waals surface area (Å²) in [5, 5.41) is 10.8. The molecule has 1 aromatic carbocycles. The number of nitrogens with one attached hydrogen (secondary N) is 1. The largest absolute Gasteiger partial charge is 0.480 e. The number of primary amides is 1. The smallest absolute Gasteiger partial charge is 0.322 e. The van der Waals surface area contributed by atoms with Gasteiger partial charge in [0, 0.05) is 3.57 Å². The molecule has 0 bridgehead atoms. The highest BCUT2D eigenvalue weighted by atomic mass is 127.